The Morgan fingerprint density at radius 1 is 0.765 bits per heavy atom. The third kappa shape index (κ3) is 4.25. The summed E-state index contributed by atoms with van der Waals surface area (Å²) in [7, 11) is 0. The van der Waals surface area contributed by atoms with Crippen molar-refractivity contribution in [1.29, 1.82) is 0 Å². The van der Waals surface area contributed by atoms with Crippen LogP contribution in [0.15, 0.2) is 91.6 Å². The van der Waals surface area contributed by atoms with E-state index < -0.39 is 0 Å². The highest BCUT2D eigenvalue weighted by atomic mass is 15.3. The number of nitrogens with zero attached hydrogens (tertiary/aromatic N) is 7. The normalized spacial score (nSPS) is 14.5. The first-order valence-electron chi connectivity index (χ1n) is 11.6. The van der Waals surface area contributed by atoms with Crippen LogP contribution in [-0.2, 0) is 6.54 Å². The van der Waals surface area contributed by atoms with Gasteiger partial charge in [-0.2, -0.15) is 5.10 Å². The summed E-state index contributed by atoms with van der Waals surface area (Å²) in [5.41, 5.74) is 6.41. The molecule has 1 aliphatic heterocycles. The highest BCUT2D eigenvalue weighted by molar-refractivity contribution is 5.82. The second-order valence-electron chi connectivity index (χ2n) is 8.55. The van der Waals surface area contributed by atoms with Gasteiger partial charge >= 0.3 is 0 Å². The van der Waals surface area contributed by atoms with Gasteiger partial charge in [0.25, 0.3) is 0 Å². The third-order valence-corrected chi connectivity index (χ3v) is 6.32. The van der Waals surface area contributed by atoms with Crippen molar-refractivity contribution in [3.05, 3.63) is 97.2 Å². The molecule has 0 spiro atoms. The van der Waals surface area contributed by atoms with E-state index in [0.29, 0.717) is 0 Å². The van der Waals surface area contributed by atoms with Crippen molar-refractivity contribution in [2.45, 2.75) is 6.54 Å². The maximum atomic E-state index is 4.97. The first kappa shape index (κ1) is 20.5. The third-order valence-electron chi connectivity index (χ3n) is 6.32. The number of pyridine rings is 1. The van der Waals surface area contributed by atoms with Gasteiger partial charge < -0.3 is 4.90 Å². The van der Waals surface area contributed by atoms with Crippen LogP contribution in [0.1, 0.15) is 5.56 Å². The van der Waals surface area contributed by atoms with Gasteiger partial charge in [-0.3, -0.25) is 14.9 Å². The van der Waals surface area contributed by atoms with E-state index >= 15 is 0 Å². The molecule has 5 aromatic rings. The van der Waals surface area contributed by atoms with E-state index in [1.807, 2.05) is 41.6 Å². The number of piperazine rings is 1. The predicted octanol–water partition coefficient (Wildman–Crippen LogP) is 4.20. The molecule has 4 heterocycles. The molecule has 2 aromatic carbocycles. The molecule has 1 fully saturated rings. The summed E-state index contributed by atoms with van der Waals surface area (Å²) in [4.78, 5) is 18.7. The molecule has 0 bridgehead atoms. The predicted molar refractivity (Wildman–Crippen MR) is 134 cm³/mol. The van der Waals surface area contributed by atoms with Crippen molar-refractivity contribution in [2.75, 3.05) is 31.1 Å². The lowest BCUT2D eigenvalue weighted by atomic mass is 10.0. The van der Waals surface area contributed by atoms with E-state index in [1.54, 1.807) is 6.20 Å². The lowest BCUT2D eigenvalue weighted by Crippen LogP contribution is -2.46. The Morgan fingerprint density at radius 2 is 1.62 bits per heavy atom. The van der Waals surface area contributed by atoms with E-state index in [0.717, 1.165) is 66.4 Å². The number of aromatic nitrogens is 5. The molecular weight excluding hydrogens is 422 g/mol. The smallest absolute Gasteiger partial charge is 0.147 e. The molecule has 7 heteroatoms. The molecule has 1 aliphatic rings. The molecule has 168 valence electrons. The molecule has 0 atom stereocenters. The second-order valence-corrected chi connectivity index (χ2v) is 8.55. The van der Waals surface area contributed by atoms with Crippen LogP contribution in [-0.4, -0.2) is 55.8 Å². The molecule has 0 aliphatic carbocycles. The van der Waals surface area contributed by atoms with E-state index in [4.69, 9.17) is 4.98 Å². The first-order chi connectivity index (χ1) is 16.8. The minimum absolute atomic E-state index is 0.913. The Labute approximate surface area is 198 Å². The van der Waals surface area contributed by atoms with Crippen LogP contribution in [0.25, 0.3) is 27.8 Å². The molecule has 0 N–H and O–H groups in total. The average Bonchev–Trinajstić information content (AvgIpc) is 3.44. The fourth-order valence-corrected chi connectivity index (χ4v) is 4.45. The van der Waals surface area contributed by atoms with Gasteiger partial charge in [0, 0.05) is 57.5 Å². The highest BCUT2D eigenvalue weighted by Crippen LogP contribution is 2.25. The van der Waals surface area contributed by atoms with Crippen LogP contribution in [0.2, 0.25) is 0 Å². The van der Waals surface area contributed by atoms with Crippen molar-refractivity contribution in [3.63, 3.8) is 0 Å². The van der Waals surface area contributed by atoms with Crippen LogP contribution in [0.4, 0.5) is 5.82 Å². The molecule has 6 rings (SSSR count). The van der Waals surface area contributed by atoms with Crippen LogP contribution in [0.5, 0.6) is 0 Å². The molecule has 0 radical (unpaired) electrons. The second kappa shape index (κ2) is 9.03. The highest BCUT2D eigenvalue weighted by Gasteiger charge is 2.19. The SMILES string of the molecule is c1cncc(CN2CCN(c3cnc4ccc(-c5ccc(-n6cccn6)cc5)cc4n3)CC2)c1. The monoisotopic (exact) mass is 447 g/mol. The van der Waals surface area contributed by atoms with Crippen LogP contribution >= 0.6 is 0 Å². The van der Waals surface area contributed by atoms with E-state index in [-0.39, 0.29) is 0 Å². The lowest BCUT2D eigenvalue weighted by Gasteiger charge is -2.35. The van der Waals surface area contributed by atoms with Crippen LogP contribution in [0.3, 0.4) is 0 Å². The number of hydrogen-bond acceptors (Lipinski definition) is 6. The maximum Gasteiger partial charge on any atom is 0.147 e. The molecular formula is C27H25N7. The van der Waals surface area contributed by atoms with Crippen molar-refractivity contribution in [3.8, 4) is 16.8 Å². The van der Waals surface area contributed by atoms with Gasteiger partial charge in [-0.05, 0) is 53.1 Å². The number of anilines is 1. The molecule has 34 heavy (non-hydrogen) atoms. The number of fused-ring (bicyclic) bond motifs is 1. The number of benzene rings is 2. The number of rotatable bonds is 5. The van der Waals surface area contributed by atoms with Crippen molar-refractivity contribution in [1.82, 2.24) is 29.6 Å². The molecule has 7 nitrogen and oxygen atoms in total. The van der Waals surface area contributed by atoms with Crippen molar-refractivity contribution < 1.29 is 0 Å². The van der Waals surface area contributed by atoms with Crippen molar-refractivity contribution in [2.24, 2.45) is 0 Å². The molecule has 0 unspecified atom stereocenters. The Hall–Kier alpha value is -4.10. The summed E-state index contributed by atoms with van der Waals surface area (Å²) in [6, 6.07) is 20.8. The Balaban J connectivity index is 1.18. The fraction of sp³-hybridized carbons (Fsp3) is 0.185. The summed E-state index contributed by atoms with van der Waals surface area (Å²) in [5, 5.41) is 4.30. The molecule has 3 aromatic heterocycles. The molecule has 0 saturated carbocycles. The molecule has 1 saturated heterocycles. The quantitative estimate of drug-likeness (QED) is 0.402. The van der Waals surface area contributed by atoms with Gasteiger partial charge in [-0.15, -0.1) is 0 Å². The molecule has 0 amide bonds. The minimum atomic E-state index is 0.913. The summed E-state index contributed by atoms with van der Waals surface area (Å²) < 4.78 is 1.86. The van der Waals surface area contributed by atoms with Gasteiger partial charge in [-0.1, -0.05) is 24.3 Å². The zero-order chi connectivity index (χ0) is 22.7. The zero-order valence-corrected chi connectivity index (χ0v) is 18.8. The average molecular weight is 448 g/mol. The van der Waals surface area contributed by atoms with Crippen molar-refractivity contribution >= 4 is 16.9 Å². The topological polar surface area (TPSA) is 63.0 Å². The fourth-order valence-electron chi connectivity index (χ4n) is 4.45. The minimum Gasteiger partial charge on any atom is -0.353 e. The van der Waals surface area contributed by atoms with Gasteiger partial charge in [0.05, 0.1) is 22.9 Å². The Morgan fingerprint density at radius 3 is 2.38 bits per heavy atom. The van der Waals surface area contributed by atoms with Gasteiger partial charge in [0.1, 0.15) is 5.82 Å². The summed E-state index contributed by atoms with van der Waals surface area (Å²) in [5.74, 6) is 0.944. The van der Waals surface area contributed by atoms with Gasteiger partial charge in [-0.25, -0.2) is 9.67 Å². The van der Waals surface area contributed by atoms with Crippen LogP contribution in [0, 0.1) is 0 Å². The summed E-state index contributed by atoms with van der Waals surface area (Å²) in [6.45, 7) is 4.81. The standard InChI is InChI=1S/C27H25N7/c1-3-21(18-28-10-1)20-32-13-15-33(16-14-32)27-19-29-25-9-6-23(17-26(25)31-27)22-4-7-24(8-5-22)34-12-2-11-30-34/h1-12,17-19H,13-16,20H2. The van der Waals surface area contributed by atoms with E-state index in [2.05, 4.69) is 73.4 Å². The van der Waals surface area contributed by atoms with E-state index in [1.165, 1.54) is 5.56 Å². The van der Waals surface area contributed by atoms with E-state index in [9.17, 15) is 0 Å². The lowest BCUT2D eigenvalue weighted by molar-refractivity contribution is 0.249. The zero-order valence-electron chi connectivity index (χ0n) is 18.8. The number of hydrogen-bond donors (Lipinski definition) is 0. The first-order valence-corrected chi connectivity index (χ1v) is 11.6. The maximum absolute atomic E-state index is 4.97. The van der Waals surface area contributed by atoms with Gasteiger partial charge in [0.2, 0.25) is 0 Å². The summed E-state index contributed by atoms with van der Waals surface area (Å²) in [6.07, 6.45) is 9.40. The summed E-state index contributed by atoms with van der Waals surface area (Å²) >= 11 is 0. The van der Waals surface area contributed by atoms with Crippen LogP contribution < -0.4 is 4.90 Å². The van der Waals surface area contributed by atoms with Gasteiger partial charge in [0.15, 0.2) is 0 Å². The largest absolute Gasteiger partial charge is 0.353 e. The Kier molecular flexibility index (Phi) is 5.45. The Bertz CT molecular complexity index is 1370.